The Morgan fingerprint density at radius 2 is 1.83 bits per heavy atom. The first kappa shape index (κ1) is 20.7. The summed E-state index contributed by atoms with van der Waals surface area (Å²) < 4.78 is 40.9. The van der Waals surface area contributed by atoms with E-state index in [1.807, 2.05) is 6.92 Å². The number of halogens is 3. The maximum absolute atomic E-state index is 12.5. The SMILES string of the molecule is Cc1ccc(C(=O)Nc2cccc(OC(F)(F)F)c2)cc1C#Cc1cnc(N)nc1. The van der Waals surface area contributed by atoms with E-state index in [2.05, 4.69) is 31.9 Å². The number of anilines is 2. The highest BCUT2D eigenvalue weighted by Gasteiger charge is 2.31. The summed E-state index contributed by atoms with van der Waals surface area (Å²) >= 11 is 0. The van der Waals surface area contributed by atoms with Gasteiger partial charge in [0, 0.05) is 35.3 Å². The molecule has 0 atom stereocenters. The summed E-state index contributed by atoms with van der Waals surface area (Å²) in [6.07, 6.45) is -1.85. The summed E-state index contributed by atoms with van der Waals surface area (Å²) in [5, 5.41) is 2.54. The van der Waals surface area contributed by atoms with Gasteiger partial charge >= 0.3 is 6.36 Å². The molecular formula is C21H15F3N4O2. The second-order valence-corrected chi connectivity index (χ2v) is 6.14. The topological polar surface area (TPSA) is 90.1 Å². The Bertz CT molecular complexity index is 1130. The highest BCUT2D eigenvalue weighted by atomic mass is 19.4. The summed E-state index contributed by atoms with van der Waals surface area (Å²) in [6, 6.07) is 9.94. The number of hydrogen-bond acceptors (Lipinski definition) is 5. The van der Waals surface area contributed by atoms with Gasteiger partial charge in [-0.3, -0.25) is 4.79 Å². The van der Waals surface area contributed by atoms with Crippen molar-refractivity contribution in [2.75, 3.05) is 11.1 Å². The number of nitrogen functional groups attached to an aromatic ring is 1. The van der Waals surface area contributed by atoms with E-state index in [1.165, 1.54) is 24.5 Å². The third-order valence-electron chi connectivity index (χ3n) is 3.84. The fourth-order valence-electron chi connectivity index (χ4n) is 2.41. The number of rotatable bonds is 3. The number of nitrogens with one attached hydrogen (secondary N) is 1. The molecule has 0 aliphatic heterocycles. The normalized spacial score (nSPS) is 10.7. The third kappa shape index (κ3) is 5.72. The van der Waals surface area contributed by atoms with Crippen molar-refractivity contribution in [3.8, 4) is 17.6 Å². The molecule has 1 amide bonds. The van der Waals surface area contributed by atoms with Gasteiger partial charge in [0.2, 0.25) is 5.95 Å². The summed E-state index contributed by atoms with van der Waals surface area (Å²) in [4.78, 5) is 20.2. The number of carbonyl (C=O) groups excluding carboxylic acids is 1. The van der Waals surface area contributed by atoms with Gasteiger partial charge in [0.25, 0.3) is 5.91 Å². The lowest BCUT2D eigenvalue weighted by Gasteiger charge is -2.11. The minimum Gasteiger partial charge on any atom is -0.406 e. The van der Waals surface area contributed by atoms with E-state index in [9.17, 15) is 18.0 Å². The van der Waals surface area contributed by atoms with E-state index in [4.69, 9.17) is 5.73 Å². The fourth-order valence-corrected chi connectivity index (χ4v) is 2.41. The number of ether oxygens (including phenoxy) is 1. The molecule has 0 aliphatic rings. The molecule has 0 aliphatic carbocycles. The minimum atomic E-state index is -4.82. The first-order valence-electron chi connectivity index (χ1n) is 8.57. The number of carbonyl (C=O) groups is 1. The van der Waals surface area contributed by atoms with Crippen molar-refractivity contribution >= 4 is 17.5 Å². The van der Waals surface area contributed by atoms with Crippen LogP contribution >= 0.6 is 0 Å². The van der Waals surface area contributed by atoms with Crippen LogP contribution in [0.2, 0.25) is 0 Å². The summed E-state index contributed by atoms with van der Waals surface area (Å²) in [6.45, 7) is 1.84. The molecule has 3 aromatic rings. The lowest BCUT2D eigenvalue weighted by Crippen LogP contribution is -2.17. The van der Waals surface area contributed by atoms with Crippen molar-refractivity contribution in [3.63, 3.8) is 0 Å². The number of nitrogens with two attached hydrogens (primary N) is 1. The number of nitrogens with zero attached hydrogens (tertiary/aromatic N) is 2. The van der Waals surface area contributed by atoms with Crippen LogP contribution in [-0.4, -0.2) is 22.2 Å². The highest BCUT2D eigenvalue weighted by Crippen LogP contribution is 2.25. The number of aromatic nitrogens is 2. The van der Waals surface area contributed by atoms with Gasteiger partial charge in [-0.1, -0.05) is 24.0 Å². The maximum atomic E-state index is 12.5. The van der Waals surface area contributed by atoms with Crippen LogP contribution in [-0.2, 0) is 0 Å². The van der Waals surface area contributed by atoms with Gasteiger partial charge in [-0.25, -0.2) is 9.97 Å². The Hall–Kier alpha value is -4.06. The van der Waals surface area contributed by atoms with Crippen LogP contribution in [0, 0.1) is 18.8 Å². The molecule has 0 radical (unpaired) electrons. The van der Waals surface area contributed by atoms with Gasteiger partial charge in [0.05, 0.1) is 5.56 Å². The summed E-state index contributed by atoms with van der Waals surface area (Å²) in [5.74, 6) is 5.04. The predicted molar refractivity (Wildman–Crippen MR) is 105 cm³/mol. The second-order valence-electron chi connectivity index (χ2n) is 6.14. The van der Waals surface area contributed by atoms with Crippen molar-refractivity contribution in [1.29, 1.82) is 0 Å². The molecule has 0 spiro atoms. The lowest BCUT2D eigenvalue weighted by molar-refractivity contribution is -0.274. The number of hydrogen-bond donors (Lipinski definition) is 2. The van der Waals surface area contributed by atoms with E-state index >= 15 is 0 Å². The average Bonchev–Trinajstić information content (AvgIpc) is 2.67. The van der Waals surface area contributed by atoms with Crippen LogP contribution in [0.15, 0.2) is 54.9 Å². The average molecular weight is 412 g/mol. The first-order chi connectivity index (χ1) is 14.2. The molecule has 1 heterocycles. The van der Waals surface area contributed by atoms with Crippen LogP contribution in [0.4, 0.5) is 24.8 Å². The maximum Gasteiger partial charge on any atom is 0.573 e. The molecule has 2 aromatic carbocycles. The number of amides is 1. The quantitative estimate of drug-likeness (QED) is 0.637. The van der Waals surface area contributed by atoms with Crippen LogP contribution in [0.1, 0.15) is 27.0 Å². The minimum absolute atomic E-state index is 0.139. The largest absolute Gasteiger partial charge is 0.573 e. The number of alkyl halides is 3. The Morgan fingerprint density at radius 1 is 1.10 bits per heavy atom. The Labute approximate surface area is 169 Å². The zero-order valence-corrected chi connectivity index (χ0v) is 15.6. The van der Waals surface area contributed by atoms with Gasteiger partial charge in [-0.2, -0.15) is 0 Å². The zero-order valence-electron chi connectivity index (χ0n) is 15.6. The van der Waals surface area contributed by atoms with E-state index < -0.39 is 18.0 Å². The molecule has 0 fully saturated rings. The van der Waals surface area contributed by atoms with E-state index in [-0.39, 0.29) is 11.6 Å². The standard InChI is InChI=1S/C21H15F3N4O2/c1-13-5-7-16(9-15(13)8-6-14-11-26-20(25)27-12-14)19(29)28-17-3-2-4-18(10-17)30-21(22,23)24/h2-5,7,9-12H,1H3,(H,28,29)(H2,25,26,27). The van der Waals surface area contributed by atoms with Gasteiger partial charge < -0.3 is 15.8 Å². The lowest BCUT2D eigenvalue weighted by atomic mass is 10.0. The molecule has 3 N–H and O–H groups in total. The molecule has 0 unspecified atom stereocenters. The van der Waals surface area contributed by atoms with Crippen molar-refractivity contribution in [3.05, 3.63) is 77.1 Å². The van der Waals surface area contributed by atoms with Crippen LogP contribution < -0.4 is 15.8 Å². The van der Waals surface area contributed by atoms with E-state index in [1.54, 1.807) is 18.2 Å². The smallest absolute Gasteiger partial charge is 0.406 e. The van der Waals surface area contributed by atoms with Crippen LogP contribution in [0.5, 0.6) is 5.75 Å². The van der Waals surface area contributed by atoms with Crippen molar-refractivity contribution in [2.24, 2.45) is 0 Å². The predicted octanol–water partition coefficient (Wildman–Crippen LogP) is 3.92. The molecule has 30 heavy (non-hydrogen) atoms. The van der Waals surface area contributed by atoms with Gasteiger partial charge in [-0.15, -0.1) is 13.2 Å². The summed E-state index contributed by atoms with van der Waals surface area (Å²) in [5.41, 5.74) is 7.89. The van der Waals surface area contributed by atoms with Crippen LogP contribution in [0.25, 0.3) is 0 Å². The zero-order chi connectivity index (χ0) is 21.7. The summed E-state index contributed by atoms with van der Waals surface area (Å²) in [7, 11) is 0. The van der Waals surface area contributed by atoms with E-state index in [0.29, 0.717) is 16.7 Å². The molecule has 9 heteroatoms. The first-order valence-corrected chi connectivity index (χ1v) is 8.57. The van der Waals surface area contributed by atoms with Gasteiger partial charge in [-0.05, 0) is 36.8 Å². The molecule has 1 aromatic heterocycles. The van der Waals surface area contributed by atoms with Crippen molar-refractivity contribution < 1.29 is 22.7 Å². The monoisotopic (exact) mass is 412 g/mol. The highest BCUT2D eigenvalue weighted by molar-refractivity contribution is 6.04. The molecule has 0 saturated carbocycles. The molecule has 3 rings (SSSR count). The molecular weight excluding hydrogens is 397 g/mol. The molecule has 152 valence electrons. The van der Waals surface area contributed by atoms with Gasteiger partial charge in [0.15, 0.2) is 0 Å². The third-order valence-corrected chi connectivity index (χ3v) is 3.84. The molecule has 0 bridgehead atoms. The van der Waals surface area contributed by atoms with Crippen molar-refractivity contribution in [1.82, 2.24) is 9.97 Å². The number of aryl methyl sites for hydroxylation is 1. The van der Waals surface area contributed by atoms with Crippen LogP contribution in [0.3, 0.4) is 0 Å². The number of benzene rings is 2. The van der Waals surface area contributed by atoms with Gasteiger partial charge in [0.1, 0.15) is 5.75 Å². The van der Waals surface area contributed by atoms with Crippen molar-refractivity contribution in [2.45, 2.75) is 13.3 Å². The second kappa shape index (κ2) is 8.53. The van der Waals surface area contributed by atoms with E-state index in [0.717, 1.165) is 17.7 Å². The fraction of sp³-hybridized carbons (Fsp3) is 0.0952. The Kier molecular flexibility index (Phi) is 5.88. The molecule has 0 saturated heterocycles. The Balaban J connectivity index is 1.78. The molecule has 6 nitrogen and oxygen atoms in total. The Morgan fingerprint density at radius 3 is 2.53 bits per heavy atom.